The molecule has 1 unspecified atom stereocenters. The first-order valence-corrected chi connectivity index (χ1v) is 8.13. The van der Waals surface area contributed by atoms with Gasteiger partial charge >= 0.3 is 0 Å². The predicted octanol–water partition coefficient (Wildman–Crippen LogP) is 2.82. The number of nitrogens with zero attached hydrogens (tertiary/aromatic N) is 2. The van der Waals surface area contributed by atoms with Gasteiger partial charge in [0.1, 0.15) is 0 Å². The summed E-state index contributed by atoms with van der Waals surface area (Å²) in [6.07, 6.45) is 3.88. The third-order valence-corrected chi connectivity index (χ3v) is 5.52. The van der Waals surface area contributed by atoms with E-state index < -0.39 is 0 Å². The Kier molecular flexibility index (Phi) is 3.73. The second-order valence-corrected chi connectivity index (χ2v) is 7.50. The van der Waals surface area contributed by atoms with Gasteiger partial charge in [0.15, 0.2) is 0 Å². The number of carbonyl (C=O) groups is 1. The average molecular weight is 329 g/mol. The third kappa shape index (κ3) is 2.49. The molecule has 1 atom stereocenters. The van der Waals surface area contributed by atoms with Crippen molar-refractivity contribution in [3.05, 3.63) is 20.8 Å². The van der Waals surface area contributed by atoms with Gasteiger partial charge in [0, 0.05) is 25.7 Å². The van der Waals surface area contributed by atoms with Crippen molar-refractivity contribution in [1.82, 2.24) is 9.80 Å². The molecule has 0 N–H and O–H groups in total. The maximum absolute atomic E-state index is 12.4. The summed E-state index contributed by atoms with van der Waals surface area (Å²) >= 11 is 4.95. The fourth-order valence-electron chi connectivity index (χ4n) is 2.93. The summed E-state index contributed by atoms with van der Waals surface area (Å²) in [5.74, 6) is 0.205. The van der Waals surface area contributed by atoms with Gasteiger partial charge < -0.3 is 4.90 Å². The molecule has 3 nitrogen and oxygen atoms in total. The Labute approximate surface area is 120 Å². The van der Waals surface area contributed by atoms with Crippen molar-refractivity contribution in [1.29, 1.82) is 0 Å². The summed E-state index contributed by atoms with van der Waals surface area (Å²) in [4.78, 5) is 17.8. The first-order chi connectivity index (χ1) is 8.74. The van der Waals surface area contributed by atoms with Crippen LogP contribution >= 0.6 is 27.3 Å². The van der Waals surface area contributed by atoms with Crippen LogP contribution in [0.4, 0.5) is 0 Å². The Morgan fingerprint density at radius 2 is 2.17 bits per heavy atom. The van der Waals surface area contributed by atoms with Gasteiger partial charge in [0.05, 0.1) is 8.66 Å². The Morgan fingerprint density at radius 1 is 1.28 bits per heavy atom. The molecule has 3 heterocycles. The molecule has 0 aromatic carbocycles. The fraction of sp³-hybridized carbons (Fsp3) is 0.615. The molecule has 0 spiro atoms. The van der Waals surface area contributed by atoms with Crippen LogP contribution in [0.15, 0.2) is 15.9 Å². The maximum atomic E-state index is 12.4. The molecule has 0 saturated carbocycles. The second kappa shape index (κ2) is 5.31. The van der Waals surface area contributed by atoms with Gasteiger partial charge in [0.2, 0.25) is 0 Å². The van der Waals surface area contributed by atoms with E-state index in [2.05, 4.69) is 20.8 Å². The van der Waals surface area contributed by atoms with Crippen LogP contribution in [-0.2, 0) is 0 Å². The minimum Gasteiger partial charge on any atom is -0.335 e. The van der Waals surface area contributed by atoms with E-state index in [-0.39, 0.29) is 5.91 Å². The molecule has 2 aliphatic rings. The Hall–Kier alpha value is -0.390. The van der Waals surface area contributed by atoms with E-state index in [0.29, 0.717) is 6.04 Å². The highest BCUT2D eigenvalue weighted by Crippen LogP contribution is 2.26. The standard InChI is InChI=1S/C13H17BrN2OS/c14-12-5-4-11(18-12)13(17)16-8-7-15-6-2-1-3-10(15)9-16/h4-5,10H,1-3,6-9H2. The van der Waals surface area contributed by atoms with E-state index in [1.54, 1.807) is 0 Å². The number of rotatable bonds is 1. The van der Waals surface area contributed by atoms with Crippen molar-refractivity contribution < 1.29 is 4.79 Å². The number of hydrogen-bond donors (Lipinski definition) is 0. The lowest BCUT2D eigenvalue weighted by Crippen LogP contribution is -2.56. The monoisotopic (exact) mass is 328 g/mol. The van der Waals surface area contributed by atoms with Crippen LogP contribution in [-0.4, -0.2) is 47.9 Å². The smallest absolute Gasteiger partial charge is 0.264 e. The Morgan fingerprint density at radius 3 is 2.94 bits per heavy atom. The molecule has 0 aliphatic carbocycles. The molecule has 18 heavy (non-hydrogen) atoms. The topological polar surface area (TPSA) is 23.6 Å². The molecule has 0 bridgehead atoms. The average Bonchev–Trinajstić information content (AvgIpc) is 2.84. The van der Waals surface area contributed by atoms with Crippen LogP contribution < -0.4 is 0 Å². The summed E-state index contributed by atoms with van der Waals surface area (Å²) < 4.78 is 1.03. The molecule has 1 aromatic rings. The third-order valence-electron chi connectivity index (χ3n) is 3.91. The van der Waals surface area contributed by atoms with Gasteiger partial charge in [-0.2, -0.15) is 0 Å². The molecule has 3 rings (SSSR count). The highest BCUT2D eigenvalue weighted by atomic mass is 79.9. The Balaban J connectivity index is 1.68. The zero-order valence-corrected chi connectivity index (χ0v) is 12.7. The second-order valence-electron chi connectivity index (χ2n) is 5.04. The zero-order valence-electron chi connectivity index (χ0n) is 10.3. The van der Waals surface area contributed by atoms with E-state index in [1.807, 2.05) is 17.0 Å². The summed E-state index contributed by atoms with van der Waals surface area (Å²) in [6.45, 7) is 4.05. The van der Waals surface area contributed by atoms with Gasteiger partial charge in [-0.25, -0.2) is 0 Å². The molecule has 2 aliphatic heterocycles. The van der Waals surface area contributed by atoms with Crippen molar-refractivity contribution in [2.75, 3.05) is 26.2 Å². The maximum Gasteiger partial charge on any atom is 0.264 e. The highest BCUT2D eigenvalue weighted by Gasteiger charge is 2.31. The van der Waals surface area contributed by atoms with Crippen LogP contribution in [0.25, 0.3) is 0 Å². The lowest BCUT2D eigenvalue weighted by atomic mass is 9.99. The van der Waals surface area contributed by atoms with Crippen LogP contribution in [0.1, 0.15) is 28.9 Å². The van der Waals surface area contributed by atoms with Gasteiger partial charge in [0.25, 0.3) is 5.91 Å². The highest BCUT2D eigenvalue weighted by molar-refractivity contribution is 9.11. The number of piperidine rings is 1. The summed E-state index contributed by atoms with van der Waals surface area (Å²) in [7, 11) is 0. The molecule has 1 amide bonds. The van der Waals surface area contributed by atoms with Gasteiger partial charge in [-0.3, -0.25) is 9.69 Å². The van der Waals surface area contributed by atoms with Crippen molar-refractivity contribution in [3.8, 4) is 0 Å². The first kappa shape index (κ1) is 12.6. The number of carbonyl (C=O) groups excluding carboxylic acids is 1. The quantitative estimate of drug-likeness (QED) is 0.791. The molecule has 2 saturated heterocycles. The minimum atomic E-state index is 0.205. The minimum absolute atomic E-state index is 0.205. The Bertz CT molecular complexity index is 448. The fourth-order valence-corrected chi connectivity index (χ4v) is 4.28. The normalized spacial score (nSPS) is 24.9. The van der Waals surface area contributed by atoms with Crippen LogP contribution in [0, 0.1) is 0 Å². The summed E-state index contributed by atoms with van der Waals surface area (Å²) in [6, 6.07) is 4.47. The number of halogens is 1. The number of amides is 1. The van der Waals surface area contributed by atoms with E-state index >= 15 is 0 Å². The summed E-state index contributed by atoms with van der Waals surface area (Å²) in [5, 5.41) is 0. The SMILES string of the molecule is O=C(c1ccc(Br)s1)N1CCN2CCCCC2C1. The van der Waals surface area contributed by atoms with E-state index in [1.165, 1.54) is 37.1 Å². The number of hydrogen-bond acceptors (Lipinski definition) is 3. The van der Waals surface area contributed by atoms with Crippen molar-refractivity contribution in [2.45, 2.75) is 25.3 Å². The van der Waals surface area contributed by atoms with Gasteiger partial charge in [-0.1, -0.05) is 6.42 Å². The lowest BCUT2D eigenvalue weighted by Gasteiger charge is -2.43. The molecular formula is C13H17BrN2OS. The molecule has 0 radical (unpaired) electrons. The molecule has 2 fully saturated rings. The van der Waals surface area contributed by atoms with E-state index in [4.69, 9.17) is 0 Å². The zero-order chi connectivity index (χ0) is 12.5. The van der Waals surface area contributed by atoms with E-state index in [0.717, 1.165) is 28.3 Å². The van der Waals surface area contributed by atoms with Crippen LogP contribution in [0.2, 0.25) is 0 Å². The molecular weight excluding hydrogens is 312 g/mol. The largest absolute Gasteiger partial charge is 0.335 e. The number of fused-ring (bicyclic) bond motifs is 1. The number of piperazine rings is 1. The van der Waals surface area contributed by atoms with Crippen LogP contribution in [0.3, 0.4) is 0 Å². The van der Waals surface area contributed by atoms with E-state index in [9.17, 15) is 4.79 Å². The predicted molar refractivity (Wildman–Crippen MR) is 77.1 cm³/mol. The molecule has 98 valence electrons. The summed E-state index contributed by atoms with van der Waals surface area (Å²) in [5.41, 5.74) is 0. The molecule has 5 heteroatoms. The lowest BCUT2D eigenvalue weighted by molar-refractivity contribution is 0.0376. The van der Waals surface area contributed by atoms with Crippen molar-refractivity contribution >= 4 is 33.2 Å². The van der Waals surface area contributed by atoms with Crippen LogP contribution in [0.5, 0.6) is 0 Å². The van der Waals surface area contributed by atoms with Gasteiger partial charge in [-0.05, 0) is 47.4 Å². The van der Waals surface area contributed by atoms with Crippen molar-refractivity contribution in [2.24, 2.45) is 0 Å². The van der Waals surface area contributed by atoms with Gasteiger partial charge in [-0.15, -0.1) is 11.3 Å². The van der Waals surface area contributed by atoms with Crippen molar-refractivity contribution in [3.63, 3.8) is 0 Å². The molecule has 1 aromatic heterocycles. The first-order valence-electron chi connectivity index (χ1n) is 6.53. The number of thiophene rings is 1.